The van der Waals surface area contributed by atoms with Crippen molar-refractivity contribution in [1.29, 1.82) is 0 Å². The second kappa shape index (κ2) is 7.55. The van der Waals surface area contributed by atoms with E-state index in [1.54, 1.807) is 9.80 Å². The maximum atomic E-state index is 12.6. The molecule has 0 bridgehead atoms. The van der Waals surface area contributed by atoms with Crippen LogP contribution in [0.15, 0.2) is 42.5 Å². The van der Waals surface area contributed by atoms with Crippen LogP contribution in [0.1, 0.15) is 31.4 Å². The van der Waals surface area contributed by atoms with Crippen molar-refractivity contribution in [3.63, 3.8) is 0 Å². The molecule has 1 aliphatic heterocycles. The Kier molecular flexibility index (Phi) is 5.22. The molecular weight excluding hydrogens is 314 g/mol. The number of piperidine rings is 1. The van der Waals surface area contributed by atoms with Crippen LogP contribution in [-0.2, 0) is 4.79 Å². The van der Waals surface area contributed by atoms with E-state index in [1.165, 1.54) is 10.8 Å². The number of rotatable bonds is 4. The zero-order valence-electron chi connectivity index (χ0n) is 14.8. The molecule has 1 aliphatic rings. The molecule has 1 saturated heterocycles. The molecule has 25 heavy (non-hydrogen) atoms. The summed E-state index contributed by atoms with van der Waals surface area (Å²) in [5, 5.41) is 5.46. The number of nitrogens with zero attached hydrogens (tertiary/aromatic N) is 2. The van der Waals surface area contributed by atoms with Gasteiger partial charge in [0.25, 0.3) is 0 Å². The first-order valence-corrected chi connectivity index (χ1v) is 8.80. The average molecular weight is 339 g/mol. The van der Waals surface area contributed by atoms with Crippen LogP contribution in [0.5, 0.6) is 0 Å². The molecule has 5 nitrogen and oxygen atoms in total. The van der Waals surface area contributed by atoms with Gasteiger partial charge in [-0.3, -0.25) is 4.79 Å². The predicted molar refractivity (Wildman–Crippen MR) is 99.3 cm³/mol. The summed E-state index contributed by atoms with van der Waals surface area (Å²) in [5.74, 6) is 0. The molecule has 2 aromatic rings. The van der Waals surface area contributed by atoms with Gasteiger partial charge in [0.05, 0.1) is 6.04 Å². The van der Waals surface area contributed by atoms with Gasteiger partial charge in [0.1, 0.15) is 0 Å². The third kappa shape index (κ3) is 3.76. The number of amides is 3. The van der Waals surface area contributed by atoms with Gasteiger partial charge in [-0.05, 0) is 36.1 Å². The molecule has 1 atom stereocenters. The Morgan fingerprint density at radius 2 is 1.88 bits per heavy atom. The molecule has 1 heterocycles. The molecule has 0 aliphatic carbocycles. The highest BCUT2D eigenvalue weighted by molar-refractivity contribution is 5.86. The molecule has 1 fully saturated rings. The number of benzene rings is 2. The number of likely N-dealkylation sites (tertiary alicyclic amines) is 1. The highest BCUT2D eigenvalue weighted by Gasteiger charge is 2.25. The maximum absolute atomic E-state index is 12.6. The van der Waals surface area contributed by atoms with Gasteiger partial charge in [0, 0.05) is 26.2 Å². The maximum Gasteiger partial charge on any atom is 0.317 e. The molecule has 3 rings (SSSR count). The Balaban J connectivity index is 1.66. The molecule has 0 aromatic heterocycles. The first-order chi connectivity index (χ1) is 12.1. The van der Waals surface area contributed by atoms with Gasteiger partial charge >= 0.3 is 6.03 Å². The Hall–Kier alpha value is -2.56. The first kappa shape index (κ1) is 17.3. The normalized spacial score (nSPS) is 16.5. The SMILES string of the molecule is CC(NC(=O)N(C)C1CCN(C=O)CC1)c1cccc2ccccc12. The number of carbonyl (C=O) groups is 2. The lowest BCUT2D eigenvalue weighted by Crippen LogP contribution is -2.49. The fourth-order valence-electron chi connectivity index (χ4n) is 3.54. The molecular formula is C20H25N3O2. The zero-order chi connectivity index (χ0) is 17.8. The topological polar surface area (TPSA) is 52.7 Å². The summed E-state index contributed by atoms with van der Waals surface area (Å²) in [6.07, 6.45) is 2.54. The van der Waals surface area contributed by atoms with E-state index in [1.807, 2.05) is 32.2 Å². The van der Waals surface area contributed by atoms with Crippen molar-refractivity contribution < 1.29 is 9.59 Å². The minimum absolute atomic E-state index is 0.0648. The van der Waals surface area contributed by atoms with Crippen LogP contribution in [0.2, 0.25) is 0 Å². The van der Waals surface area contributed by atoms with E-state index in [2.05, 4.69) is 29.6 Å². The Morgan fingerprint density at radius 3 is 2.60 bits per heavy atom. The van der Waals surface area contributed by atoms with Crippen molar-refractivity contribution in [2.45, 2.75) is 31.8 Å². The molecule has 1 N–H and O–H groups in total. The number of fused-ring (bicyclic) bond motifs is 1. The van der Waals surface area contributed by atoms with Gasteiger partial charge in [0.15, 0.2) is 0 Å². The summed E-state index contributed by atoms with van der Waals surface area (Å²) in [7, 11) is 1.84. The van der Waals surface area contributed by atoms with E-state index in [4.69, 9.17) is 0 Å². The van der Waals surface area contributed by atoms with Crippen LogP contribution >= 0.6 is 0 Å². The highest BCUT2D eigenvalue weighted by Crippen LogP contribution is 2.24. The molecule has 0 spiro atoms. The summed E-state index contributed by atoms with van der Waals surface area (Å²) in [5.41, 5.74) is 1.12. The Morgan fingerprint density at radius 1 is 1.20 bits per heavy atom. The third-order valence-corrected chi connectivity index (χ3v) is 5.15. The Labute approximate surface area is 148 Å². The summed E-state index contributed by atoms with van der Waals surface area (Å²) < 4.78 is 0. The largest absolute Gasteiger partial charge is 0.345 e. The van der Waals surface area contributed by atoms with Gasteiger partial charge in [-0.2, -0.15) is 0 Å². The summed E-state index contributed by atoms with van der Waals surface area (Å²) in [6, 6.07) is 14.4. The number of hydrogen-bond donors (Lipinski definition) is 1. The van der Waals surface area contributed by atoms with Crippen molar-refractivity contribution in [2.24, 2.45) is 0 Å². The predicted octanol–water partition coefficient (Wildman–Crippen LogP) is 3.16. The van der Waals surface area contributed by atoms with Crippen LogP contribution in [0.25, 0.3) is 10.8 Å². The number of nitrogens with one attached hydrogen (secondary N) is 1. The Bertz CT molecular complexity index is 748. The molecule has 0 radical (unpaired) electrons. The second-order valence-electron chi connectivity index (χ2n) is 6.72. The summed E-state index contributed by atoms with van der Waals surface area (Å²) in [4.78, 5) is 27.0. The fraction of sp³-hybridized carbons (Fsp3) is 0.400. The summed E-state index contributed by atoms with van der Waals surface area (Å²) in [6.45, 7) is 3.44. The molecule has 5 heteroatoms. The van der Waals surface area contributed by atoms with E-state index in [9.17, 15) is 9.59 Å². The lowest BCUT2D eigenvalue weighted by atomic mass is 10.00. The lowest BCUT2D eigenvalue weighted by Gasteiger charge is -2.35. The quantitative estimate of drug-likeness (QED) is 0.870. The van der Waals surface area contributed by atoms with Gasteiger partial charge in [-0.15, -0.1) is 0 Å². The van der Waals surface area contributed by atoms with E-state index < -0.39 is 0 Å². The lowest BCUT2D eigenvalue weighted by molar-refractivity contribution is -0.119. The fourth-order valence-corrected chi connectivity index (χ4v) is 3.54. The van der Waals surface area contributed by atoms with Crippen molar-refractivity contribution in [3.05, 3.63) is 48.0 Å². The van der Waals surface area contributed by atoms with Crippen LogP contribution in [0.3, 0.4) is 0 Å². The van der Waals surface area contributed by atoms with Crippen LogP contribution in [0, 0.1) is 0 Å². The number of urea groups is 1. The molecule has 0 saturated carbocycles. The van der Waals surface area contributed by atoms with E-state index in [-0.39, 0.29) is 18.1 Å². The van der Waals surface area contributed by atoms with Gasteiger partial charge in [-0.1, -0.05) is 42.5 Å². The minimum atomic E-state index is -0.0730. The van der Waals surface area contributed by atoms with Crippen LogP contribution in [-0.4, -0.2) is 48.4 Å². The van der Waals surface area contributed by atoms with Gasteiger partial charge in [0.2, 0.25) is 6.41 Å². The van der Waals surface area contributed by atoms with Crippen molar-refractivity contribution in [2.75, 3.05) is 20.1 Å². The minimum Gasteiger partial charge on any atom is -0.345 e. The second-order valence-corrected chi connectivity index (χ2v) is 6.72. The molecule has 3 amide bonds. The third-order valence-electron chi connectivity index (χ3n) is 5.15. The van der Waals surface area contributed by atoms with Gasteiger partial charge in [-0.25, -0.2) is 4.79 Å². The first-order valence-electron chi connectivity index (χ1n) is 8.80. The van der Waals surface area contributed by atoms with Crippen molar-refractivity contribution in [1.82, 2.24) is 15.1 Å². The highest BCUT2D eigenvalue weighted by atomic mass is 16.2. The molecule has 132 valence electrons. The van der Waals surface area contributed by atoms with E-state index in [0.29, 0.717) is 13.1 Å². The number of carbonyl (C=O) groups excluding carboxylic acids is 2. The van der Waals surface area contributed by atoms with E-state index in [0.717, 1.165) is 24.8 Å². The summed E-state index contributed by atoms with van der Waals surface area (Å²) >= 11 is 0. The van der Waals surface area contributed by atoms with Crippen molar-refractivity contribution >= 4 is 23.2 Å². The van der Waals surface area contributed by atoms with Crippen LogP contribution < -0.4 is 5.32 Å². The van der Waals surface area contributed by atoms with Crippen molar-refractivity contribution in [3.8, 4) is 0 Å². The standard InChI is InChI=1S/C20H25N3O2/c1-15(18-9-5-7-16-6-3-4-8-19(16)18)21-20(25)22(2)17-10-12-23(14-24)13-11-17/h3-9,14-15,17H,10-13H2,1-2H3,(H,21,25). The monoisotopic (exact) mass is 339 g/mol. The smallest absolute Gasteiger partial charge is 0.317 e. The number of hydrogen-bond acceptors (Lipinski definition) is 2. The molecule has 1 unspecified atom stereocenters. The van der Waals surface area contributed by atoms with Crippen LogP contribution in [0.4, 0.5) is 4.79 Å². The zero-order valence-corrected chi connectivity index (χ0v) is 14.8. The van der Waals surface area contributed by atoms with E-state index >= 15 is 0 Å². The molecule has 2 aromatic carbocycles. The average Bonchev–Trinajstić information content (AvgIpc) is 2.66. The van der Waals surface area contributed by atoms with Gasteiger partial charge < -0.3 is 15.1 Å².